The molecule has 0 radical (unpaired) electrons. The van der Waals surface area contributed by atoms with Crippen LogP contribution in [0.1, 0.15) is 0 Å². The molecule has 1 heterocycles. The number of nitrogens with zero attached hydrogens (tertiary/aromatic N) is 4. The van der Waals surface area contributed by atoms with Crippen LogP contribution in [0.2, 0.25) is 0 Å². The second-order valence-corrected chi connectivity index (χ2v) is 7.68. The summed E-state index contributed by atoms with van der Waals surface area (Å²) in [6.45, 7) is 0. The van der Waals surface area contributed by atoms with Crippen LogP contribution in [0, 0.1) is 0 Å². The number of nitrogens with one attached hydrogen (secondary N) is 1. The van der Waals surface area contributed by atoms with Crippen LogP contribution < -0.4 is 5.43 Å². The Morgan fingerprint density at radius 2 is 1.78 bits per heavy atom. The van der Waals surface area contributed by atoms with E-state index in [4.69, 9.17) is 4.55 Å². The molecule has 1 aliphatic heterocycles. The minimum Gasteiger partial charge on any atom is -0.504 e. The van der Waals surface area contributed by atoms with Crippen molar-refractivity contribution in [2.45, 2.75) is 9.79 Å². The van der Waals surface area contributed by atoms with E-state index in [0.717, 1.165) is 18.2 Å². The number of fused-ring (bicyclic) bond motifs is 1. The van der Waals surface area contributed by atoms with Gasteiger partial charge in [-0.05, 0) is 29.9 Å². The summed E-state index contributed by atoms with van der Waals surface area (Å²) in [4.78, 5) is 2.11. The van der Waals surface area contributed by atoms with Crippen LogP contribution in [-0.2, 0) is 52.9 Å². The Hall–Kier alpha value is -1.84. The largest absolute Gasteiger partial charge is 3.00 e. The molecule has 2 aromatic carbocycles. The van der Waals surface area contributed by atoms with Crippen molar-refractivity contribution in [3.05, 3.63) is 24.3 Å². The van der Waals surface area contributed by atoms with Crippen LogP contribution in [0.5, 0.6) is 5.75 Å². The molecule has 12 nitrogen and oxygen atoms in total. The first-order chi connectivity index (χ1) is 12.1. The van der Waals surface area contributed by atoms with Crippen LogP contribution in [-0.4, -0.2) is 43.3 Å². The summed E-state index contributed by atoms with van der Waals surface area (Å²) in [5.74, 6) is -1.05. The number of rotatable bonds is 4. The second kappa shape index (κ2) is 7.65. The molecule has 0 aliphatic carbocycles. The normalized spacial score (nSPS) is 15.3. The van der Waals surface area contributed by atoms with Crippen LogP contribution in [0.3, 0.4) is 0 Å². The van der Waals surface area contributed by atoms with Crippen molar-refractivity contribution in [1.82, 2.24) is 0 Å². The molecular weight excluding hydrogens is 479 g/mol. The van der Waals surface area contributed by atoms with Crippen LogP contribution in [0.4, 0.5) is 5.69 Å². The third kappa shape index (κ3) is 4.53. The fourth-order valence-corrected chi connectivity index (χ4v) is 3.27. The van der Waals surface area contributed by atoms with Gasteiger partial charge in [-0.2, -0.15) is 16.8 Å². The van der Waals surface area contributed by atoms with E-state index in [0.29, 0.717) is 0 Å². The first-order valence-electron chi connectivity index (χ1n) is 6.52. The minimum absolute atomic E-state index is 0. The summed E-state index contributed by atoms with van der Waals surface area (Å²) in [6, 6.07) is 4.02. The number of hydrogen-bond donors (Lipinski definition) is 4. The SMILES string of the molecule is O=S(=O)(O)c1ccc2c(N/N=C3\N=[C-]N=N3)c(O)c(S(=O)(=O)O)cc2c1.[Y+3]. The Bertz CT molecular complexity index is 1210. The molecule has 3 rings (SSSR count). The van der Waals surface area contributed by atoms with E-state index in [1.807, 2.05) is 0 Å². The number of guanidine groups is 1. The molecule has 27 heavy (non-hydrogen) atoms. The molecule has 2 aromatic rings. The molecule has 0 bridgehead atoms. The number of hydrazone groups is 1. The number of benzene rings is 2. The maximum Gasteiger partial charge on any atom is 3.00 e. The fraction of sp³-hybridized carbons (Fsp3) is 0. The summed E-state index contributed by atoms with van der Waals surface area (Å²) >= 11 is 0. The number of aliphatic imine (C=N–C) groups is 1. The average molecular weight is 487 g/mol. The number of phenols is 1. The molecule has 0 atom stereocenters. The predicted octanol–water partition coefficient (Wildman–Crippen LogP) is 1.09. The summed E-state index contributed by atoms with van der Waals surface area (Å²) in [7, 11) is -9.43. The van der Waals surface area contributed by atoms with Gasteiger partial charge in [0.1, 0.15) is 16.5 Å². The van der Waals surface area contributed by atoms with Gasteiger partial charge in [-0.25, -0.2) is 10.2 Å². The maximum atomic E-state index is 11.5. The van der Waals surface area contributed by atoms with E-state index in [1.165, 1.54) is 6.07 Å². The Balaban J connectivity index is 0.00000261. The van der Waals surface area contributed by atoms with E-state index >= 15 is 0 Å². The van der Waals surface area contributed by atoms with Crippen LogP contribution >= 0.6 is 0 Å². The van der Waals surface area contributed by atoms with Gasteiger partial charge in [-0.3, -0.25) is 19.6 Å². The van der Waals surface area contributed by atoms with Gasteiger partial charge in [0.05, 0.1) is 4.90 Å². The van der Waals surface area contributed by atoms with Crippen molar-refractivity contribution in [3.63, 3.8) is 0 Å². The third-order valence-corrected chi connectivity index (χ3v) is 4.94. The van der Waals surface area contributed by atoms with Gasteiger partial charge in [0.15, 0.2) is 5.75 Å². The molecule has 0 amide bonds. The third-order valence-electron chi connectivity index (χ3n) is 3.23. The summed E-state index contributed by atoms with van der Waals surface area (Å²) in [5, 5.41) is 20.7. The summed E-state index contributed by atoms with van der Waals surface area (Å²) < 4.78 is 63.9. The van der Waals surface area contributed by atoms with E-state index in [9.17, 15) is 26.5 Å². The van der Waals surface area contributed by atoms with Crippen molar-refractivity contribution in [2.24, 2.45) is 20.3 Å². The molecule has 0 aromatic heterocycles. The monoisotopic (exact) mass is 487 g/mol. The van der Waals surface area contributed by atoms with Gasteiger partial charge in [0.25, 0.3) is 20.2 Å². The average Bonchev–Trinajstić information content (AvgIpc) is 3.04. The Morgan fingerprint density at radius 1 is 1.07 bits per heavy atom. The molecule has 15 heteroatoms. The minimum atomic E-state index is -4.86. The van der Waals surface area contributed by atoms with Gasteiger partial charge in [-0.15, -0.1) is 0 Å². The quantitative estimate of drug-likeness (QED) is 0.213. The smallest absolute Gasteiger partial charge is 0.504 e. The van der Waals surface area contributed by atoms with Crippen molar-refractivity contribution < 1.29 is 63.8 Å². The Labute approximate surface area is 177 Å². The van der Waals surface area contributed by atoms with E-state index < -0.39 is 35.8 Å². The second-order valence-electron chi connectivity index (χ2n) is 4.87. The molecular formula is C12H8N5O7S2Y+2. The van der Waals surface area contributed by atoms with E-state index in [1.54, 1.807) is 0 Å². The summed E-state index contributed by atoms with van der Waals surface area (Å²) in [6.07, 6.45) is 2.14. The zero-order chi connectivity index (χ0) is 19.1. The Kier molecular flexibility index (Phi) is 6.08. The zero-order valence-electron chi connectivity index (χ0n) is 13.0. The molecule has 0 saturated heterocycles. The first-order valence-corrected chi connectivity index (χ1v) is 9.40. The van der Waals surface area contributed by atoms with Crippen molar-refractivity contribution in [2.75, 3.05) is 5.43 Å². The molecule has 0 fully saturated rings. The topological polar surface area (TPSA) is 190 Å². The number of phenolic OH excluding ortho intramolecular Hbond substituents is 1. The van der Waals surface area contributed by atoms with Crippen molar-refractivity contribution >= 4 is 49.0 Å². The predicted molar refractivity (Wildman–Crippen MR) is 88.6 cm³/mol. The molecule has 0 unspecified atom stereocenters. The molecule has 4 N–H and O–H groups in total. The fourth-order valence-electron chi connectivity index (χ4n) is 2.13. The zero-order valence-corrected chi connectivity index (χ0v) is 17.4. The van der Waals surface area contributed by atoms with Gasteiger partial charge < -0.3 is 10.1 Å². The Morgan fingerprint density at radius 3 is 2.33 bits per heavy atom. The number of aromatic hydroxyl groups is 1. The van der Waals surface area contributed by atoms with E-state index in [-0.39, 0.29) is 55.1 Å². The molecule has 136 valence electrons. The number of azo groups is 1. The maximum absolute atomic E-state index is 11.5. The van der Waals surface area contributed by atoms with Gasteiger partial charge in [0, 0.05) is 5.39 Å². The number of anilines is 1. The van der Waals surface area contributed by atoms with Gasteiger partial charge in [0.2, 0.25) is 0 Å². The van der Waals surface area contributed by atoms with Crippen molar-refractivity contribution in [1.29, 1.82) is 0 Å². The molecule has 0 spiro atoms. The van der Waals surface area contributed by atoms with Crippen LogP contribution in [0.15, 0.2) is 54.4 Å². The standard InChI is InChI=1S/C12H8N5O7S2.Y/c18-11-9(26(22,23)24)4-6-3-7(25(19,20)21)1-2-8(6)10(11)15-17-12-13-5-14-16-12;/h1-4,15,18H,(H,19,20,21)(H,22,23,24);/q-1;+3/b17-12+;. The summed E-state index contributed by atoms with van der Waals surface area (Å²) in [5.41, 5.74) is 2.06. The first kappa shape index (κ1) is 21.5. The molecule has 1 aliphatic rings. The molecule has 0 saturated carbocycles. The van der Waals surface area contributed by atoms with Gasteiger partial charge in [-0.1, -0.05) is 6.07 Å². The van der Waals surface area contributed by atoms with Crippen molar-refractivity contribution in [3.8, 4) is 5.75 Å². The van der Waals surface area contributed by atoms with E-state index in [2.05, 4.69) is 32.1 Å². The van der Waals surface area contributed by atoms with Crippen LogP contribution in [0.25, 0.3) is 10.8 Å². The van der Waals surface area contributed by atoms with Gasteiger partial charge >= 0.3 is 32.7 Å². The number of hydrogen-bond acceptors (Lipinski definition) is 8.